The van der Waals surface area contributed by atoms with E-state index >= 15 is 0 Å². The molecule has 2 N–H and O–H groups in total. The second-order valence-corrected chi connectivity index (χ2v) is 6.44. The lowest BCUT2D eigenvalue weighted by molar-refractivity contribution is -0.117. The van der Waals surface area contributed by atoms with Crippen LogP contribution in [0.15, 0.2) is 23.1 Å². The van der Waals surface area contributed by atoms with Crippen LogP contribution in [0.4, 0.5) is 5.69 Å². The molecule has 0 spiro atoms. The zero-order valence-corrected chi connectivity index (χ0v) is 11.5. The van der Waals surface area contributed by atoms with Crippen LogP contribution in [0, 0.1) is 0 Å². The average Bonchev–Trinajstić information content (AvgIpc) is 2.24. The number of fused-ring (bicyclic) bond motifs is 1. The lowest BCUT2D eigenvalue weighted by Crippen LogP contribution is -2.37. The minimum absolute atomic E-state index is 0.0244. The van der Waals surface area contributed by atoms with E-state index in [0.29, 0.717) is 0 Å². The number of carbonyl (C=O) groups is 1. The zero-order valence-electron chi connectivity index (χ0n) is 10.7. The van der Waals surface area contributed by atoms with Crippen molar-refractivity contribution in [2.24, 2.45) is 5.73 Å². The first-order valence-corrected chi connectivity index (χ1v) is 6.56. The molecular formula is C13H18N2OS. The fourth-order valence-corrected chi connectivity index (χ4v) is 3.08. The van der Waals surface area contributed by atoms with Crippen LogP contribution >= 0.6 is 11.8 Å². The maximum Gasteiger partial charge on any atom is 0.239 e. The number of amides is 1. The molecule has 92 valence electrons. The highest BCUT2D eigenvalue weighted by atomic mass is 32.2. The van der Waals surface area contributed by atoms with E-state index in [-0.39, 0.29) is 16.7 Å². The molecule has 1 aromatic rings. The molecule has 1 aromatic carbocycles. The van der Waals surface area contributed by atoms with Crippen molar-refractivity contribution in [1.29, 1.82) is 0 Å². The van der Waals surface area contributed by atoms with Gasteiger partial charge in [-0.25, -0.2) is 0 Å². The van der Waals surface area contributed by atoms with Gasteiger partial charge in [0.25, 0.3) is 0 Å². The monoisotopic (exact) mass is 250 g/mol. The molecule has 17 heavy (non-hydrogen) atoms. The second kappa shape index (κ2) is 4.03. The Morgan fingerprint density at radius 1 is 1.41 bits per heavy atom. The lowest BCUT2D eigenvalue weighted by atomic mass is 9.95. The van der Waals surface area contributed by atoms with Crippen molar-refractivity contribution >= 4 is 23.4 Å². The summed E-state index contributed by atoms with van der Waals surface area (Å²) in [5.74, 6) is 0.155. The molecule has 3 nitrogen and oxygen atoms in total. The van der Waals surface area contributed by atoms with E-state index in [0.717, 1.165) is 16.1 Å². The molecule has 0 saturated carbocycles. The maximum atomic E-state index is 11.9. The van der Waals surface area contributed by atoms with Gasteiger partial charge in [-0.2, -0.15) is 0 Å². The van der Waals surface area contributed by atoms with Gasteiger partial charge in [0, 0.05) is 17.5 Å². The van der Waals surface area contributed by atoms with Crippen LogP contribution in [-0.4, -0.2) is 18.2 Å². The predicted molar refractivity (Wildman–Crippen MR) is 72.4 cm³/mol. The van der Waals surface area contributed by atoms with Gasteiger partial charge in [-0.3, -0.25) is 4.79 Å². The summed E-state index contributed by atoms with van der Waals surface area (Å²) in [4.78, 5) is 14.7. The number of carbonyl (C=O) groups excluding carboxylic acids is 1. The molecule has 1 atom stereocenters. The van der Waals surface area contributed by atoms with Crippen molar-refractivity contribution < 1.29 is 4.79 Å². The molecule has 0 radical (unpaired) electrons. The Morgan fingerprint density at radius 3 is 2.65 bits per heavy atom. The number of nitrogens with zero attached hydrogens (tertiary/aromatic N) is 1. The van der Waals surface area contributed by atoms with Gasteiger partial charge in [0.15, 0.2) is 0 Å². The molecule has 2 rings (SSSR count). The van der Waals surface area contributed by atoms with E-state index < -0.39 is 0 Å². The van der Waals surface area contributed by atoms with Gasteiger partial charge in [-0.05, 0) is 38.5 Å². The number of anilines is 1. The SMILES string of the molecule is CC1Sc2cc(C(C)(C)N)ccc2N(C)C1=O. The Balaban J connectivity index is 2.48. The van der Waals surface area contributed by atoms with Gasteiger partial charge in [0.2, 0.25) is 5.91 Å². The first-order valence-electron chi connectivity index (χ1n) is 5.68. The molecule has 1 heterocycles. The summed E-state index contributed by atoms with van der Waals surface area (Å²) in [7, 11) is 1.82. The van der Waals surface area contributed by atoms with Crippen molar-refractivity contribution in [2.45, 2.75) is 36.5 Å². The summed E-state index contributed by atoms with van der Waals surface area (Å²) < 4.78 is 0. The van der Waals surface area contributed by atoms with Crippen LogP contribution < -0.4 is 10.6 Å². The topological polar surface area (TPSA) is 46.3 Å². The largest absolute Gasteiger partial charge is 0.322 e. The van der Waals surface area contributed by atoms with Gasteiger partial charge >= 0.3 is 0 Å². The summed E-state index contributed by atoms with van der Waals surface area (Å²) in [6.45, 7) is 5.91. The standard InChI is InChI=1S/C13H18N2OS/c1-8-12(16)15(4)10-6-5-9(13(2,3)14)7-11(10)17-8/h5-8H,14H2,1-4H3. The average molecular weight is 250 g/mol. The van der Waals surface area contributed by atoms with Gasteiger partial charge < -0.3 is 10.6 Å². The predicted octanol–water partition coefficient (Wildman–Crippen LogP) is 2.34. The zero-order chi connectivity index (χ0) is 12.8. The molecule has 1 unspecified atom stereocenters. The first kappa shape index (κ1) is 12.5. The quantitative estimate of drug-likeness (QED) is 0.832. The molecule has 0 fully saturated rings. The van der Waals surface area contributed by atoms with Crippen molar-refractivity contribution in [3.05, 3.63) is 23.8 Å². The van der Waals surface area contributed by atoms with Crippen LogP contribution in [0.2, 0.25) is 0 Å². The van der Waals surface area contributed by atoms with Crippen molar-refractivity contribution in [3.8, 4) is 0 Å². The van der Waals surface area contributed by atoms with Gasteiger partial charge in [-0.15, -0.1) is 11.8 Å². The van der Waals surface area contributed by atoms with Gasteiger partial charge in [0.05, 0.1) is 10.9 Å². The van der Waals surface area contributed by atoms with E-state index in [9.17, 15) is 4.79 Å². The number of hydrogen-bond acceptors (Lipinski definition) is 3. The molecule has 1 amide bonds. The van der Waals surface area contributed by atoms with Gasteiger partial charge in [-0.1, -0.05) is 6.07 Å². The highest BCUT2D eigenvalue weighted by Crippen LogP contribution is 2.39. The molecular weight excluding hydrogens is 232 g/mol. The summed E-state index contributed by atoms with van der Waals surface area (Å²) >= 11 is 1.61. The third-order valence-electron chi connectivity index (χ3n) is 3.05. The molecule has 0 saturated heterocycles. The molecule has 0 bridgehead atoms. The van der Waals surface area contributed by atoms with E-state index in [2.05, 4.69) is 6.07 Å². The highest BCUT2D eigenvalue weighted by molar-refractivity contribution is 8.01. The van der Waals surface area contributed by atoms with E-state index in [1.54, 1.807) is 16.7 Å². The highest BCUT2D eigenvalue weighted by Gasteiger charge is 2.29. The third-order valence-corrected chi connectivity index (χ3v) is 4.18. The molecule has 4 heteroatoms. The van der Waals surface area contributed by atoms with Crippen molar-refractivity contribution in [1.82, 2.24) is 0 Å². The number of thioether (sulfide) groups is 1. The fraction of sp³-hybridized carbons (Fsp3) is 0.462. The summed E-state index contributed by atoms with van der Waals surface area (Å²) in [5, 5.41) is -0.0244. The Labute approximate surface area is 106 Å². The van der Waals surface area contributed by atoms with Crippen LogP contribution in [-0.2, 0) is 10.3 Å². The normalized spacial score (nSPS) is 20.4. The van der Waals surface area contributed by atoms with E-state index in [1.807, 2.05) is 40.0 Å². The fourth-order valence-electron chi connectivity index (χ4n) is 1.92. The molecule has 0 aromatic heterocycles. The summed E-state index contributed by atoms with van der Waals surface area (Å²) in [6, 6.07) is 6.08. The maximum absolute atomic E-state index is 11.9. The lowest BCUT2D eigenvalue weighted by Gasteiger charge is -2.31. The van der Waals surface area contributed by atoms with Crippen LogP contribution in [0.1, 0.15) is 26.3 Å². The second-order valence-electron chi connectivity index (χ2n) is 5.06. The van der Waals surface area contributed by atoms with Crippen LogP contribution in [0.3, 0.4) is 0 Å². The van der Waals surface area contributed by atoms with Crippen LogP contribution in [0.5, 0.6) is 0 Å². The molecule has 1 aliphatic heterocycles. The van der Waals surface area contributed by atoms with E-state index in [1.165, 1.54) is 0 Å². The van der Waals surface area contributed by atoms with Crippen molar-refractivity contribution in [2.75, 3.05) is 11.9 Å². The Kier molecular flexibility index (Phi) is 2.96. The molecule has 1 aliphatic rings. The van der Waals surface area contributed by atoms with Gasteiger partial charge in [0.1, 0.15) is 0 Å². The Hall–Kier alpha value is -1.00. The van der Waals surface area contributed by atoms with Crippen LogP contribution in [0.25, 0.3) is 0 Å². The minimum atomic E-state index is -0.348. The number of rotatable bonds is 1. The number of hydrogen-bond donors (Lipinski definition) is 1. The smallest absolute Gasteiger partial charge is 0.239 e. The third kappa shape index (κ3) is 2.19. The first-order chi connectivity index (χ1) is 7.80. The summed E-state index contributed by atoms with van der Waals surface area (Å²) in [6.07, 6.45) is 0. The Morgan fingerprint density at radius 2 is 2.06 bits per heavy atom. The minimum Gasteiger partial charge on any atom is -0.322 e. The number of benzene rings is 1. The number of nitrogens with two attached hydrogens (primary N) is 1. The van der Waals surface area contributed by atoms with E-state index in [4.69, 9.17) is 5.73 Å². The van der Waals surface area contributed by atoms with Crippen molar-refractivity contribution in [3.63, 3.8) is 0 Å². The molecule has 0 aliphatic carbocycles. The summed E-state index contributed by atoms with van der Waals surface area (Å²) in [5.41, 5.74) is 7.82. The Bertz CT molecular complexity index is 465.